The quantitative estimate of drug-likeness (QED) is 0.799. The van der Waals surface area contributed by atoms with Gasteiger partial charge in [-0.3, -0.25) is 4.98 Å². The van der Waals surface area contributed by atoms with Crippen LogP contribution >= 0.6 is 0 Å². The van der Waals surface area contributed by atoms with E-state index in [0.717, 1.165) is 11.3 Å². The molecule has 2 rings (SSSR count). The maximum atomic E-state index is 5.31. The molecule has 1 heterocycles. The van der Waals surface area contributed by atoms with Gasteiger partial charge in [0, 0.05) is 6.20 Å². The number of nitrogens with zero attached hydrogens (tertiary/aromatic N) is 1. The van der Waals surface area contributed by atoms with E-state index in [1.807, 2.05) is 43.3 Å². The standard InChI is InChI=1S/C14H16N2O/c1-2-17-16-14(12-8-4-3-5-9-12)13-10-6-7-11-15-13/h3-11,14,16H,2H2,1H3. The van der Waals surface area contributed by atoms with Crippen LogP contribution < -0.4 is 5.48 Å². The lowest BCUT2D eigenvalue weighted by molar-refractivity contribution is 0.0325. The summed E-state index contributed by atoms with van der Waals surface area (Å²) in [6.45, 7) is 2.57. The zero-order valence-corrected chi connectivity index (χ0v) is 9.84. The summed E-state index contributed by atoms with van der Waals surface area (Å²) in [5.74, 6) is 0. The molecule has 0 radical (unpaired) electrons. The fourth-order valence-electron chi connectivity index (χ4n) is 1.66. The highest BCUT2D eigenvalue weighted by atomic mass is 16.6. The summed E-state index contributed by atoms with van der Waals surface area (Å²) in [5.41, 5.74) is 5.13. The molecule has 1 aromatic carbocycles. The van der Waals surface area contributed by atoms with Gasteiger partial charge >= 0.3 is 0 Å². The molecule has 1 N–H and O–H groups in total. The van der Waals surface area contributed by atoms with Gasteiger partial charge in [-0.15, -0.1) is 0 Å². The average Bonchev–Trinajstić information content (AvgIpc) is 2.42. The van der Waals surface area contributed by atoms with Crippen molar-refractivity contribution in [3.63, 3.8) is 0 Å². The second kappa shape index (κ2) is 6.13. The first-order valence-electron chi connectivity index (χ1n) is 5.75. The zero-order valence-electron chi connectivity index (χ0n) is 9.84. The lowest BCUT2D eigenvalue weighted by atomic mass is 10.0. The third-order valence-electron chi connectivity index (χ3n) is 2.46. The van der Waals surface area contributed by atoms with E-state index in [2.05, 4.69) is 22.6 Å². The SMILES string of the molecule is CCONC(c1ccccc1)c1ccccn1. The van der Waals surface area contributed by atoms with Gasteiger partial charge in [0.25, 0.3) is 0 Å². The van der Waals surface area contributed by atoms with Crippen molar-refractivity contribution in [2.75, 3.05) is 6.61 Å². The van der Waals surface area contributed by atoms with Crippen LogP contribution in [0, 0.1) is 0 Å². The van der Waals surface area contributed by atoms with E-state index in [-0.39, 0.29) is 6.04 Å². The van der Waals surface area contributed by atoms with Crippen molar-refractivity contribution in [3.8, 4) is 0 Å². The van der Waals surface area contributed by atoms with Gasteiger partial charge in [-0.25, -0.2) is 0 Å². The molecule has 0 aliphatic rings. The molecule has 3 nitrogen and oxygen atoms in total. The molecule has 3 heteroatoms. The van der Waals surface area contributed by atoms with E-state index in [9.17, 15) is 0 Å². The van der Waals surface area contributed by atoms with Crippen molar-refractivity contribution in [2.45, 2.75) is 13.0 Å². The normalized spacial score (nSPS) is 12.3. The van der Waals surface area contributed by atoms with Gasteiger partial charge < -0.3 is 4.84 Å². The highest BCUT2D eigenvalue weighted by molar-refractivity contribution is 5.26. The van der Waals surface area contributed by atoms with E-state index < -0.39 is 0 Å². The van der Waals surface area contributed by atoms with E-state index in [1.54, 1.807) is 6.20 Å². The number of pyridine rings is 1. The maximum absolute atomic E-state index is 5.31. The van der Waals surface area contributed by atoms with Crippen molar-refractivity contribution in [1.82, 2.24) is 10.5 Å². The molecular weight excluding hydrogens is 212 g/mol. The van der Waals surface area contributed by atoms with Crippen LogP contribution in [-0.4, -0.2) is 11.6 Å². The summed E-state index contributed by atoms with van der Waals surface area (Å²) in [4.78, 5) is 9.68. The lowest BCUT2D eigenvalue weighted by Gasteiger charge is -2.17. The second-order valence-corrected chi connectivity index (χ2v) is 3.65. The minimum absolute atomic E-state index is 0.0302. The molecule has 0 aliphatic carbocycles. The number of rotatable bonds is 5. The summed E-state index contributed by atoms with van der Waals surface area (Å²) in [7, 11) is 0. The highest BCUT2D eigenvalue weighted by Crippen LogP contribution is 2.19. The Morgan fingerprint density at radius 1 is 1.12 bits per heavy atom. The van der Waals surface area contributed by atoms with Crippen molar-refractivity contribution >= 4 is 0 Å². The topological polar surface area (TPSA) is 34.1 Å². The van der Waals surface area contributed by atoms with Gasteiger partial charge in [0.1, 0.15) is 0 Å². The fraction of sp³-hybridized carbons (Fsp3) is 0.214. The molecule has 1 unspecified atom stereocenters. The van der Waals surface area contributed by atoms with Crippen LogP contribution in [0.1, 0.15) is 24.2 Å². The Balaban J connectivity index is 2.26. The van der Waals surface area contributed by atoms with Crippen LogP contribution in [0.4, 0.5) is 0 Å². The Hall–Kier alpha value is -1.71. The lowest BCUT2D eigenvalue weighted by Crippen LogP contribution is -2.23. The van der Waals surface area contributed by atoms with Crippen LogP contribution in [0.25, 0.3) is 0 Å². The average molecular weight is 228 g/mol. The number of nitrogens with one attached hydrogen (secondary N) is 1. The predicted molar refractivity (Wildman–Crippen MR) is 67.3 cm³/mol. The van der Waals surface area contributed by atoms with Crippen LogP contribution in [0.15, 0.2) is 54.7 Å². The summed E-state index contributed by atoms with van der Waals surface area (Å²) < 4.78 is 0. The van der Waals surface area contributed by atoms with Crippen molar-refractivity contribution in [3.05, 3.63) is 66.0 Å². The number of hydroxylamine groups is 1. The molecule has 0 aliphatic heterocycles. The Kier molecular flexibility index (Phi) is 4.24. The molecule has 0 bridgehead atoms. The Labute approximate surface area is 101 Å². The van der Waals surface area contributed by atoms with Gasteiger partial charge in [0.2, 0.25) is 0 Å². The highest BCUT2D eigenvalue weighted by Gasteiger charge is 2.14. The minimum atomic E-state index is -0.0302. The molecule has 0 spiro atoms. The maximum Gasteiger partial charge on any atom is 0.0992 e. The van der Waals surface area contributed by atoms with Crippen LogP contribution in [0.5, 0.6) is 0 Å². The van der Waals surface area contributed by atoms with Crippen LogP contribution in [0.2, 0.25) is 0 Å². The third kappa shape index (κ3) is 3.12. The molecule has 88 valence electrons. The zero-order chi connectivity index (χ0) is 11.9. The van der Waals surface area contributed by atoms with Crippen molar-refractivity contribution in [2.24, 2.45) is 0 Å². The van der Waals surface area contributed by atoms with Gasteiger partial charge in [-0.05, 0) is 24.6 Å². The van der Waals surface area contributed by atoms with Gasteiger partial charge in [0.15, 0.2) is 0 Å². The first-order chi connectivity index (χ1) is 8.42. The predicted octanol–water partition coefficient (Wildman–Crippen LogP) is 2.71. The number of aromatic nitrogens is 1. The first kappa shape index (κ1) is 11.8. The fourth-order valence-corrected chi connectivity index (χ4v) is 1.66. The largest absolute Gasteiger partial charge is 0.301 e. The van der Waals surface area contributed by atoms with Crippen LogP contribution in [0.3, 0.4) is 0 Å². The number of hydrogen-bond acceptors (Lipinski definition) is 3. The first-order valence-corrected chi connectivity index (χ1v) is 5.75. The van der Waals surface area contributed by atoms with Gasteiger partial charge in [-0.2, -0.15) is 5.48 Å². The second-order valence-electron chi connectivity index (χ2n) is 3.65. The molecule has 0 fully saturated rings. The molecule has 0 saturated carbocycles. The Bertz CT molecular complexity index is 391. The molecule has 0 amide bonds. The molecular formula is C14H16N2O. The number of hydrogen-bond donors (Lipinski definition) is 1. The Morgan fingerprint density at radius 3 is 2.53 bits per heavy atom. The van der Waals surface area contributed by atoms with E-state index in [4.69, 9.17) is 4.84 Å². The van der Waals surface area contributed by atoms with Gasteiger partial charge in [0.05, 0.1) is 18.3 Å². The molecule has 1 aromatic heterocycles. The van der Waals surface area contributed by atoms with E-state index in [0.29, 0.717) is 6.61 Å². The molecule has 1 atom stereocenters. The third-order valence-corrected chi connectivity index (χ3v) is 2.46. The minimum Gasteiger partial charge on any atom is -0.301 e. The molecule has 2 aromatic rings. The van der Waals surface area contributed by atoms with Crippen molar-refractivity contribution in [1.29, 1.82) is 0 Å². The monoisotopic (exact) mass is 228 g/mol. The summed E-state index contributed by atoms with van der Waals surface area (Å²) in [5, 5.41) is 0. The van der Waals surface area contributed by atoms with Gasteiger partial charge in [-0.1, -0.05) is 36.4 Å². The molecule has 0 saturated heterocycles. The number of benzene rings is 1. The summed E-state index contributed by atoms with van der Waals surface area (Å²) >= 11 is 0. The summed E-state index contributed by atoms with van der Waals surface area (Å²) in [6.07, 6.45) is 1.79. The Morgan fingerprint density at radius 2 is 1.88 bits per heavy atom. The van der Waals surface area contributed by atoms with Crippen LogP contribution in [-0.2, 0) is 4.84 Å². The molecule has 17 heavy (non-hydrogen) atoms. The van der Waals surface area contributed by atoms with E-state index in [1.165, 1.54) is 0 Å². The smallest absolute Gasteiger partial charge is 0.0992 e. The van der Waals surface area contributed by atoms with Crippen molar-refractivity contribution < 1.29 is 4.84 Å². The van der Waals surface area contributed by atoms with E-state index >= 15 is 0 Å². The summed E-state index contributed by atoms with van der Waals surface area (Å²) in [6, 6.07) is 16.0.